The van der Waals surface area contributed by atoms with Crippen LogP contribution in [-0.2, 0) is 6.42 Å². The Morgan fingerprint density at radius 2 is 2.15 bits per heavy atom. The third-order valence-electron chi connectivity index (χ3n) is 2.31. The SMILES string of the molecule is COc1cc(I)c2c(c1)C(=O)CC2. The summed E-state index contributed by atoms with van der Waals surface area (Å²) < 4.78 is 6.25. The highest BCUT2D eigenvalue weighted by Gasteiger charge is 2.22. The van der Waals surface area contributed by atoms with Crippen molar-refractivity contribution in [2.75, 3.05) is 7.11 Å². The summed E-state index contributed by atoms with van der Waals surface area (Å²) >= 11 is 2.25. The number of ketones is 1. The standard InChI is InChI=1S/C10H9IO2/c1-13-6-4-8-7(9(11)5-6)2-3-10(8)12/h4-5H,2-3H2,1H3. The van der Waals surface area contributed by atoms with Gasteiger partial charge >= 0.3 is 0 Å². The fraction of sp³-hybridized carbons (Fsp3) is 0.300. The van der Waals surface area contributed by atoms with E-state index >= 15 is 0 Å². The molecule has 0 N–H and O–H groups in total. The average Bonchev–Trinajstić information content (AvgIpc) is 2.48. The minimum absolute atomic E-state index is 0.242. The van der Waals surface area contributed by atoms with Gasteiger partial charge in [-0.2, -0.15) is 0 Å². The van der Waals surface area contributed by atoms with Crippen LogP contribution in [-0.4, -0.2) is 12.9 Å². The Kier molecular flexibility index (Phi) is 2.27. The van der Waals surface area contributed by atoms with Crippen molar-refractivity contribution < 1.29 is 9.53 Å². The minimum atomic E-state index is 0.242. The summed E-state index contributed by atoms with van der Waals surface area (Å²) in [6.07, 6.45) is 1.54. The van der Waals surface area contributed by atoms with Crippen LogP contribution < -0.4 is 4.74 Å². The molecule has 0 saturated carbocycles. The lowest BCUT2D eigenvalue weighted by Crippen LogP contribution is -1.94. The second-order valence-electron chi connectivity index (χ2n) is 3.06. The number of rotatable bonds is 1. The van der Waals surface area contributed by atoms with Gasteiger partial charge in [0.1, 0.15) is 5.75 Å². The fourth-order valence-electron chi connectivity index (χ4n) is 1.61. The summed E-state index contributed by atoms with van der Waals surface area (Å²) in [5.41, 5.74) is 2.04. The second kappa shape index (κ2) is 3.29. The van der Waals surface area contributed by atoms with Crippen LogP contribution in [0.4, 0.5) is 0 Å². The van der Waals surface area contributed by atoms with E-state index in [2.05, 4.69) is 22.6 Å². The van der Waals surface area contributed by atoms with Gasteiger partial charge in [0.05, 0.1) is 7.11 Å². The molecule has 0 unspecified atom stereocenters. The Hall–Kier alpha value is -0.580. The predicted octanol–water partition coefficient (Wildman–Crippen LogP) is 2.43. The lowest BCUT2D eigenvalue weighted by Gasteiger charge is -2.05. The molecule has 1 aromatic carbocycles. The average molecular weight is 288 g/mol. The van der Waals surface area contributed by atoms with Crippen LogP contribution in [0.2, 0.25) is 0 Å². The van der Waals surface area contributed by atoms with E-state index in [-0.39, 0.29) is 5.78 Å². The molecule has 0 amide bonds. The number of hydrogen-bond donors (Lipinski definition) is 0. The summed E-state index contributed by atoms with van der Waals surface area (Å²) in [7, 11) is 1.62. The van der Waals surface area contributed by atoms with Crippen molar-refractivity contribution in [2.24, 2.45) is 0 Å². The Balaban J connectivity index is 2.60. The van der Waals surface area contributed by atoms with Crippen LogP contribution in [0.3, 0.4) is 0 Å². The number of hydrogen-bond acceptors (Lipinski definition) is 2. The monoisotopic (exact) mass is 288 g/mol. The molecule has 0 saturated heterocycles. The molecule has 0 aromatic heterocycles. The molecule has 3 heteroatoms. The van der Waals surface area contributed by atoms with E-state index in [0.717, 1.165) is 21.3 Å². The van der Waals surface area contributed by atoms with Crippen LogP contribution >= 0.6 is 22.6 Å². The third-order valence-corrected chi connectivity index (χ3v) is 3.27. The van der Waals surface area contributed by atoms with E-state index < -0.39 is 0 Å². The van der Waals surface area contributed by atoms with Gasteiger partial charge in [-0.1, -0.05) is 0 Å². The predicted molar refractivity (Wildman–Crippen MR) is 58.4 cm³/mol. The van der Waals surface area contributed by atoms with Crippen LogP contribution in [0.5, 0.6) is 5.75 Å². The van der Waals surface area contributed by atoms with Gasteiger partial charge in [0.25, 0.3) is 0 Å². The maximum atomic E-state index is 11.4. The van der Waals surface area contributed by atoms with Gasteiger partial charge in [-0.05, 0) is 46.7 Å². The molecule has 0 bridgehead atoms. The molecule has 68 valence electrons. The Bertz CT molecular complexity index is 371. The van der Waals surface area contributed by atoms with Gasteiger partial charge in [-0.25, -0.2) is 0 Å². The van der Waals surface area contributed by atoms with Crippen molar-refractivity contribution in [1.29, 1.82) is 0 Å². The molecule has 1 aliphatic rings. The highest BCUT2D eigenvalue weighted by atomic mass is 127. The maximum absolute atomic E-state index is 11.4. The number of carbonyl (C=O) groups excluding carboxylic acids is 1. The quantitative estimate of drug-likeness (QED) is 0.742. The van der Waals surface area contributed by atoms with Gasteiger partial charge in [-0.3, -0.25) is 4.79 Å². The summed E-state index contributed by atoms with van der Waals surface area (Å²) in [6, 6.07) is 3.81. The van der Waals surface area contributed by atoms with Crippen molar-refractivity contribution in [3.8, 4) is 5.75 Å². The number of ether oxygens (including phenoxy) is 1. The summed E-state index contributed by atoms with van der Waals surface area (Å²) in [5, 5.41) is 0. The largest absolute Gasteiger partial charge is 0.497 e. The zero-order chi connectivity index (χ0) is 9.42. The molecular formula is C10H9IO2. The first-order valence-corrected chi connectivity index (χ1v) is 5.20. The molecule has 1 aromatic rings. The van der Waals surface area contributed by atoms with E-state index in [4.69, 9.17) is 4.74 Å². The van der Waals surface area contributed by atoms with Crippen LogP contribution in [0.25, 0.3) is 0 Å². The smallest absolute Gasteiger partial charge is 0.163 e. The molecule has 2 nitrogen and oxygen atoms in total. The van der Waals surface area contributed by atoms with Gasteiger partial charge in [0, 0.05) is 15.6 Å². The first kappa shape index (κ1) is 8.99. The van der Waals surface area contributed by atoms with Gasteiger partial charge in [0.2, 0.25) is 0 Å². The van der Waals surface area contributed by atoms with Gasteiger partial charge in [-0.15, -0.1) is 0 Å². The molecule has 0 radical (unpaired) electrons. The van der Waals surface area contributed by atoms with Crippen molar-refractivity contribution in [3.05, 3.63) is 26.8 Å². The minimum Gasteiger partial charge on any atom is -0.497 e. The first-order chi connectivity index (χ1) is 6.22. The van der Waals surface area contributed by atoms with Crippen LogP contribution in [0, 0.1) is 3.57 Å². The molecular weight excluding hydrogens is 279 g/mol. The van der Waals surface area contributed by atoms with Crippen molar-refractivity contribution in [3.63, 3.8) is 0 Å². The lowest BCUT2D eigenvalue weighted by molar-refractivity contribution is 0.0994. The van der Waals surface area contributed by atoms with E-state index in [9.17, 15) is 4.79 Å². The highest BCUT2D eigenvalue weighted by molar-refractivity contribution is 14.1. The van der Waals surface area contributed by atoms with E-state index in [1.54, 1.807) is 7.11 Å². The van der Waals surface area contributed by atoms with E-state index in [1.807, 2.05) is 12.1 Å². The molecule has 2 rings (SSSR count). The Labute approximate surface area is 90.4 Å². The molecule has 0 heterocycles. The maximum Gasteiger partial charge on any atom is 0.163 e. The molecule has 0 atom stereocenters. The normalized spacial score (nSPS) is 14.5. The zero-order valence-corrected chi connectivity index (χ0v) is 9.42. The van der Waals surface area contributed by atoms with Crippen molar-refractivity contribution >= 4 is 28.4 Å². The number of carbonyl (C=O) groups is 1. The number of fused-ring (bicyclic) bond motifs is 1. The fourth-order valence-corrected chi connectivity index (χ4v) is 2.47. The number of halogens is 1. The Morgan fingerprint density at radius 3 is 2.85 bits per heavy atom. The highest BCUT2D eigenvalue weighted by Crippen LogP contribution is 2.30. The van der Waals surface area contributed by atoms with E-state index in [0.29, 0.717) is 6.42 Å². The van der Waals surface area contributed by atoms with E-state index in [1.165, 1.54) is 5.56 Å². The van der Waals surface area contributed by atoms with Crippen molar-refractivity contribution in [2.45, 2.75) is 12.8 Å². The summed E-state index contributed by atoms with van der Waals surface area (Å²) in [5.74, 6) is 1.02. The zero-order valence-electron chi connectivity index (χ0n) is 7.26. The second-order valence-corrected chi connectivity index (χ2v) is 4.22. The number of methoxy groups -OCH3 is 1. The number of benzene rings is 1. The third kappa shape index (κ3) is 1.45. The first-order valence-electron chi connectivity index (χ1n) is 4.12. The molecule has 0 spiro atoms. The molecule has 13 heavy (non-hydrogen) atoms. The van der Waals surface area contributed by atoms with Gasteiger partial charge in [0.15, 0.2) is 5.78 Å². The number of Topliss-reactive ketones (excluding diaryl/α,β-unsaturated/α-hetero) is 1. The lowest BCUT2D eigenvalue weighted by atomic mass is 10.1. The van der Waals surface area contributed by atoms with Crippen LogP contribution in [0.15, 0.2) is 12.1 Å². The molecule has 0 aliphatic heterocycles. The molecule has 0 fully saturated rings. The van der Waals surface area contributed by atoms with Crippen molar-refractivity contribution in [1.82, 2.24) is 0 Å². The Morgan fingerprint density at radius 1 is 1.38 bits per heavy atom. The summed E-state index contributed by atoms with van der Waals surface area (Å²) in [4.78, 5) is 11.4. The topological polar surface area (TPSA) is 26.3 Å². The van der Waals surface area contributed by atoms with Gasteiger partial charge < -0.3 is 4.74 Å². The summed E-state index contributed by atoms with van der Waals surface area (Å²) in [6.45, 7) is 0. The van der Waals surface area contributed by atoms with Crippen LogP contribution in [0.1, 0.15) is 22.3 Å². The molecule has 1 aliphatic carbocycles.